The monoisotopic (exact) mass is 457 g/mol. The van der Waals surface area contributed by atoms with E-state index < -0.39 is 12.0 Å². The summed E-state index contributed by atoms with van der Waals surface area (Å²) in [4.78, 5) is 11.0. The summed E-state index contributed by atoms with van der Waals surface area (Å²) < 4.78 is 41.1. The number of nitrogens with one attached hydrogen (secondary N) is 1. The van der Waals surface area contributed by atoms with Crippen LogP contribution in [0.5, 0.6) is 0 Å². The number of hydrogen-bond acceptors (Lipinski definition) is 7. The average molecular weight is 458 g/mol. The SMILES string of the molecule is Cc1cc(F)c2nc(N3CC[C@H](NC4CCOCC4)[C@H](F)C3)c(-c3nc(C)no3)c(C)c2c1. The molecule has 9 heteroatoms. The van der Waals surface area contributed by atoms with Gasteiger partial charge in [0, 0.05) is 37.2 Å². The lowest BCUT2D eigenvalue weighted by Crippen LogP contribution is -2.54. The summed E-state index contributed by atoms with van der Waals surface area (Å²) >= 11 is 0. The van der Waals surface area contributed by atoms with E-state index in [0.29, 0.717) is 54.7 Å². The van der Waals surface area contributed by atoms with Gasteiger partial charge in [-0.1, -0.05) is 5.16 Å². The van der Waals surface area contributed by atoms with Crippen LogP contribution in [0.25, 0.3) is 22.4 Å². The van der Waals surface area contributed by atoms with Crippen molar-refractivity contribution in [3.05, 3.63) is 34.9 Å². The molecule has 4 heterocycles. The van der Waals surface area contributed by atoms with Crippen LogP contribution in [0, 0.1) is 26.6 Å². The van der Waals surface area contributed by atoms with Crippen LogP contribution in [0.3, 0.4) is 0 Å². The van der Waals surface area contributed by atoms with Gasteiger partial charge < -0.3 is 19.5 Å². The third-order valence-electron chi connectivity index (χ3n) is 6.68. The summed E-state index contributed by atoms with van der Waals surface area (Å²) in [6.07, 6.45) is 1.34. The Morgan fingerprint density at radius 3 is 2.58 bits per heavy atom. The lowest BCUT2D eigenvalue weighted by molar-refractivity contribution is 0.0684. The van der Waals surface area contributed by atoms with Crippen LogP contribution in [0.1, 0.15) is 36.2 Å². The highest BCUT2D eigenvalue weighted by molar-refractivity contribution is 5.93. The average Bonchev–Trinajstić information content (AvgIpc) is 3.22. The number of nitrogens with zero attached hydrogens (tertiary/aromatic N) is 4. The zero-order valence-electron chi connectivity index (χ0n) is 19.2. The molecule has 3 aromatic rings. The van der Waals surface area contributed by atoms with Crippen LogP contribution in [-0.2, 0) is 4.74 Å². The second-order valence-electron chi connectivity index (χ2n) is 9.14. The second-order valence-corrected chi connectivity index (χ2v) is 9.14. The van der Waals surface area contributed by atoms with Crippen molar-refractivity contribution in [1.82, 2.24) is 20.4 Å². The van der Waals surface area contributed by atoms with Crippen LogP contribution in [0.15, 0.2) is 16.7 Å². The molecule has 2 atom stereocenters. The number of aromatic nitrogens is 3. The fourth-order valence-electron chi connectivity index (χ4n) is 4.93. The van der Waals surface area contributed by atoms with Crippen molar-refractivity contribution in [2.24, 2.45) is 0 Å². The normalized spacial score (nSPS) is 22.3. The molecule has 7 nitrogen and oxygen atoms in total. The van der Waals surface area contributed by atoms with E-state index in [9.17, 15) is 4.39 Å². The fourth-order valence-corrected chi connectivity index (χ4v) is 4.93. The first-order valence-electron chi connectivity index (χ1n) is 11.5. The smallest absolute Gasteiger partial charge is 0.261 e. The number of alkyl halides is 1. The molecule has 2 aliphatic heterocycles. The van der Waals surface area contributed by atoms with E-state index in [1.807, 2.05) is 24.8 Å². The first kappa shape index (κ1) is 22.2. The Morgan fingerprint density at radius 2 is 1.88 bits per heavy atom. The Balaban J connectivity index is 1.50. The Bertz CT molecular complexity index is 1160. The minimum Gasteiger partial charge on any atom is -0.381 e. The molecular formula is C24H29F2N5O2. The quantitative estimate of drug-likeness (QED) is 0.634. The molecule has 0 spiro atoms. The van der Waals surface area contributed by atoms with Gasteiger partial charge in [-0.05, 0) is 63.3 Å². The van der Waals surface area contributed by atoms with Crippen molar-refractivity contribution in [3.63, 3.8) is 0 Å². The number of halogens is 2. The first-order chi connectivity index (χ1) is 15.9. The number of anilines is 1. The summed E-state index contributed by atoms with van der Waals surface area (Å²) in [5.74, 6) is 0.900. The third-order valence-corrected chi connectivity index (χ3v) is 6.68. The second kappa shape index (κ2) is 8.95. The highest BCUT2D eigenvalue weighted by Gasteiger charge is 2.34. The highest BCUT2D eigenvalue weighted by atomic mass is 19.1. The molecule has 1 aromatic carbocycles. The summed E-state index contributed by atoms with van der Waals surface area (Å²) in [5, 5.41) is 8.10. The molecule has 176 valence electrons. The number of fused-ring (bicyclic) bond motifs is 1. The van der Waals surface area contributed by atoms with Gasteiger partial charge in [-0.3, -0.25) is 0 Å². The summed E-state index contributed by atoms with van der Waals surface area (Å²) in [7, 11) is 0. The Hall–Kier alpha value is -2.65. The number of pyridine rings is 1. The van der Waals surface area contributed by atoms with Crippen LogP contribution in [0.4, 0.5) is 14.6 Å². The Labute approximate surface area is 191 Å². The summed E-state index contributed by atoms with van der Waals surface area (Å²) in [6, 6.07) is 3.43. The van der Waals surface area contributed by atoms with Crippen molar-refractivity contribution in [2.45, 2.75) is 58.3 Å². The van der Waals surface area contributed by atoms with E-state index in [1.165, 1.54) is 6.07 Å². The van der Waals surface area contributed by atoms with Gasteiger partial charge in [-0.2, -0.15) is 4.98 Å². The van der Waals surface area contributed by atoms with E-state index in [1.54, 1.807) is 6.92 Å². The highest BCUT2D eigenvalue weighted by Crippen LogP contribution is 2.38. The predicted molar refractivity (Wildman–Crippen MR) is 122 cm³/mol. The molecule has 0 unspecified atom stereocenters. The van der Waals surface area contributed by atoms with Crippen LogP contribution in [0.2, 0.25) is 0 Å². The maximum absolute atomic E-state index is 15.3. The molecule has 2 aliphatic rings. The number of piperidine rings is 1. The molecule has 0 aliphatic carbocycles. The zero-order valence-corrected chi connectivity index (χ0v) is 19.2. The van der Waals surface area contributed by atoms with E-state index >= 15 is 4.39 Å². The van der Waals surface area contributed by atoms with E-state index in [-0.39, 0.29) is 24.1 Å². The van der Waals surface area contributed by atoms with Gasteiger partial charge in [0.05, 0.1) is 12.1 Å². The van der Waals surface area contributed by atoms with Crippen LogP contribution in [-0.4, -0.2) is 59.7 Å². The molecule has 2 saturated heterocycles. The predicted octanol–water partition coefficient (Wildman–Crippen LogP) is 4.03. The van der Waals surface area contributed by atoms with Crippen molar-refractivity contribution >= 4 is 16.7 Å². The summed E-state index contributed by atoms with van der Waals surface area (Å²) in [5.41, 5.74) is 2.50. The van der Waals surface area contributed by atoms with Crippen molar-refractivity contribution in [2.75, 3.05) is 31.2 Å². The topological polar surface area (TPSA) is 76.3 Å². The van der Waals surface area contributed by atoms with Gasteiger partial charge in [0.15, 0.2) is 5.82 Å². The van der Waals surface area contributed by atoms with E-state index in [4.69, 9.17) is 9.26 Å². The fraction of sp³-hybridized carbons (Fsp3) is 0.542. The van der Waals surface area contributed by atoms with Crippen molar-refractivity contribution in [1.29, 1.82) is 0 Å². The molecule has 5 rings (SSSR count). The molecule has 0 radical (unpaired) electrons. The third kappa shape index (κ3) is 4.31. The van der Waals surface area contributed by atoms with E-state index in [2.05, 4.69) is 20.4 Å². The minimum absolute atomic E-state index is 0.159. The molecule has 2 aromatic heterocycles. The van der Waals surface area contributed by atoms with E-state index in [0.717, 1.165) is 24.0 Å². The molecule has 1 N–H and O–H groups in total. The van der Waals surface area contributed by atoms with Gasteiger partial charge in [0.25, 0.3) is 5.89 Å². The van der Waals surface area contributed by atoms with Gasteiger partial charge in [0.2, 0.25) is 0 Å². The standard InChI is InChI=1S/C24H29F2N5O2/c1-13-10-17-14(2)21(24-27-15(3)30-33-24)23(29-22(17)18(25)11-13)31-7-4-20(19(26)12-31)28-16-5-8-32-9-6-16/h10-11,16,19-20,28H,4-9,12H2,1-3H3/t19-,20+/m1/s1. The number of aryl methyl sites for hydroxylation is 3. The zero-order chi connectivity index (χ0) is 23.1. The lowest BCUT2D eigenvalue weighted by atomic mass is 9.97. The molecule has 0 saturated carbocycles. The van der Waals surface area contributed by atoms with Crippen LogP contribution < -0.4 is 10.2 Å². The molecule has 0 amide bonds. The Kier molecular flexibility index (Phi) is 6.01. The van der Waals surface area contributed by atoms with Crippen molar-refractivity contribution in [3.8, 4) is 11.5 Å². The largest absolute Gasteiger partial charge is 0.381 e. The Morgan fingerprint density at radius 1 is 1.09 bits per heavy atom. The number of hydrogen-bond donors (Lipinski definition) is 1. The number of ether oxygens (including phenoxy) is 1. The molecule has 2 fully saturated rings. The number of rotatable bonds is 4. The van der Waals surface area contributed by atoms with Gasteiger partial charge in [-0.15, -0.1) is 0 Å². The van der Waals surface area contributed by atoms with Gasteiger partial charge in [-0.25, -0.2) is 13.8 Å². The number of benzene rings is 1. The van der Waals surface area contributed by atoms with Crippen LogP contribution >= 0.6 is 0 Å². The van der Waals surface area contributed by atoms with Crippen molar-refractivity contribution < 1.29 is 18.0 Å². The maximum atomic E-state index is 15.3. The summed E-state index contributed by atoms with van der Waals surface area (Å²) in [6.45, 7) is 7.66. The maximum Gasteiger partial charge on any atom is 0.261 e. The minimum atomic E-state index is -1.08. The first-order valence-corrected chi connectivity index (χ1v) is 11.5. The molecule has 0 bridgehead atoms. The lowest BCUT2D eigenvalue weighted by Gasteiger charge is -2.39. The van der Waals surface area contributed by atoms with Gasteiger partial charge >= 0.3 is 0 Å². The molecule has 33 heavy (non-hydrogen) atoms. The van der Waals surface area contributed by atoms with Gasteiger partial charge in [0.1, 0.15) is 23.3 Å². The molecular weight excluding hydrogens is 428 g/mol.